The van der Waals surface area contributed by atoms with Crippen LogP contribution in [0.25, 0.3) is 11.1 Å². The molecule has 1 N–H and O–H groups in total. The molecule has 1 aliphatic carbocycles. The van der Waals surface area contributed by atoms with E-state index in [0.717, 1.165) is 34.4 Å². The minimum absolute atomic E-state index is 0.0437. The lowest BCUT2D eigenvalue weighted by atomic mass is 9.98. The molecule has 0 saturated carbocycles. The number of nitrogens with one attached hydrogen (secondary N) is 1. The van der Waals surface area contributed by atoms with E-state index in [1.807, 2.05) is 48.5 Å². The summed E-state index contributed by atoms with van der Waals surface area (Å²) in [5.41, 5.74) is 3.94. The van der Waals surface area contributed by atoms with Gasteiger partial charge in [-0.25, -0.2) is 18.4 Å². The lowest BCUT2D eigenvalue weighted by Gasteiger charge is -2.21. The molecule has 10 heteroatoms. The third kappa shape index (κ3) is 4.87. The molecular formula is C32H22F2N2O6. The molecule has 42 heavy (non-hydrogen) atoms. The lowest BCUT2D eigenvalue weighted by molar-refractivity contribution is -0.169. The zero-order chi connectivity index (χ0) is 29.4. The van der Waals surface area contributed by atoms with Crippen LogP contribution in [0.1, 0.15) is 55.8 Å². The Balaban J connectivity index is 1.17. The third-order valence-electron chi connectivity index (χ3n) is 7.29. The Hall–Kier alpha value is -5.38. The van der Waals surface area contributed by atoms with Crippen molar-refractivity contribution >= 4 is 23.9 Å². The summed E-state index contributed by atoms with van der Waals surface area (Å²) in [7, 11) is 0. The highest BCUT2D eigenvalue weighted by molar-refractivity contribution is 6.20. The van der Waals surface area contributed by atoms with Gasteiger partial charge in [0.1, 0.15) is 18.2 Å². The van der Waals surface area contributed by atoms with Crippen LogP contribution in [0.2, 0.25) is 0 Å². The van der Waals surface area contributed by atoms with E-state index in [4.69, 9.17) is 9.57 Å². The van der Waals surface area contributed by atoms with Crippen molar-refractivity contribution in [1.82, 2.24) is 10.4 Å². The molecule has 4 aromatic carbocycles. The van der Waals surface area contributed by atoms with E-state index < -0.39 is 48.0 Å². The number of nitrogens with zero attached hydrogens (tertiary/aromatic N) is 1. The summed E-state index contributed by atoms with van der Waals surface area (Å²) in [6.07, 6.45) is -1.65. The van der Waals surface area contributed by atoms with Crippen LogP contribution in [0.3, 0.4) is 0 Å². The lowest BCUT2D eigenvalue weighted by Crippen LogP contribution is -2.36. The number of halogens is 2. The first-order valence-electron chi connectivity index (χ1n) is 13.1. The van der Waals surface area contributed by atoms with Gasteiger partial charge in [-0.1, -0.05) is 71.8 Å². The van der Waals surface area contributed by atoms with Crippen molar-refractivity contribution in [2.75, 3.05) is 6.61 Å². The van der Waals surface area contributed by atoms with E-state index in [0.29, 0.717) is 11.1 Å². The van der Waals surface area contributed by atoms with E-state index in [1.165, 1.54) is 12.1 Å². The summed E-state index contributed by atoms with van der Waals surface area (Å²) in [5.74, 6) is -4.91. The van der Waals surface area contributed by atoms with Gasteiger partial charge >= 0.3 is 12.1 Å². The van der Waals surface area contributed by atoms with Gasteiger partial charge in [0.25, 0.3) is 11.8 Å². The van der Waals surface area contributed by atoms with Gasteiger partial charge in [-0.2, -0.15) is 0 Å². The predicted octanol–water partition coefficient (Wildman–Crippen LogP) is 5.69. The Morgan fingerprint density at radius 2 is 1.33 bits per heavy atom. The van der Waals surface area contributed by atoms with Gasteiger partial charge in [-0.15, -0.1) is 0 Å². The minimum Gasteiger partial charge on any atom is -0.449 e. The van der Waals surface area contributed by atoms with Gasteiger partial charge in [0.05, 0.1) is 23.6 Å². The molecular weight excluding hydrogens is 546 g/mol. The smallest absolute Gasteiger partial charge is 0.407 e. The second kappa shape index (κ2) is 10.9. The minimum atomic E-state index is -1.37. The van der Waals surface area contributed by atoms with Crippen LogP contribution in [-0.4, -0.2) is 35.5 Å². The molecule has 1 aliphatic heterocycles. The Morgan fingerprint density at radius 3 is 1.90 bits per heavy atom. The predicted molar refractivity (Wildman–Crippen MR) is 145 cm³/mol. The fourth-order valence-electron chi connectivity index (χ4n) is 5.36. The average Bonchev–Trinajstić information content (AvgIpc) is 3.43. The Labute approximate surface area is 238 Å². The molecule has 4 aromatic rings. The number of alkyl carbamates (subject to hydrolysis) is 1. The van der Waals surface area contributed by atoms with Crippen molar-refractivity contribution < 1.29 is 37.5 Å². The number of benzene rings is 4. The quantitative estimate of drug-likeness (QED) is 0.288. The number of carbonyl (C=O) groups is 4. The highest BCUT2D eigenvalue weighted by atomic mass is 19.1. The van der Waals surface area contributed by atoms with Gasteiger partial charge < -0.3 is 14.9 Å². The van der Waals surface area contributed by atoms with Crippen molar-refractivity contribution in [2.45, 2.75) is 18.4 Å². The van der Waals surface area contributed by atoms with Crippen LogP contribution in [-0.2, 0) is 14.4 Å². The number of amides is 3. The Kier molecular flexibility index (Phi) is 6.95. The first kappa shape index (κ1) is 26.8. The molecule has 2 aliphatic rings. The molecule has 0 radical (unpaired) electrons. The van der Waals surface area contributed by atoms with Crippen LogP contribution >= 0.6 is 0 Å². The summed E-state index contributed by atoms with van der Waals surface area (Å²) in [6, 6.07) is 22.7. The molecule has 8 nitrogen and oxygen atoms in total. The molecule has 210 valence electrons. The molecule has 1 heterocycles. The topological polar surface area (TPSA) is 102 Å². The maximum Gasteiger partial charge on any atom is 0.407 e. The number of hydrogen-bond acceptors (Lipinski definition) is 6. The first-order valence-corrected chi connectivity index (χ1v) is 13.1. The highest BCUT2D eigenvalue weighted by Gasteiger charge is 2.39. The molecule has 1 atom stereocenters. The number of hydroxylamine groups is 2. The molecule has 0 aromatic heterocycles. The van der Waals surface area contributed by atoms with Crippen LogP contribution in [0, 0.1) is 11.6 Å². The molecule has 0 spiro atoms. The van der Waals surface area contributed by atoms with E-state index in [1.54, 1.807) is 12.1 Å². The monoisotopic (exact) mass is 568 g/mol. The van der Waals surface area contributed by atoms with E-state index in [2.05, 4.69) is 5.32 Å². The molecule has 6 rings (SSSR count). The van der Waals surface area contributed by atoms with Gasteiger partial charge in [-0.3, -0.25) is 9.59 Å². The zero-order valence-corrected chi connectivity index (χ0v) is 21.9. The van der Waals surface area contributed by atoms with Crippen molar-refractivity contribution in [3.63, 3.8) is 0 Å². The van der Waals surface area contributed by atoms with E-state index in [-0.39, 0.29) is 29.2 Å². The fourth-order valence-corrected chi connectivity index (χ4v) is 5.36. The molecule has 1 unspecified atom stereocenters. The number of carbonyl (C=O) groups excluding carboxylic acids is 4. The summed E-state index contributed by atoms with van der Waals surface area (Å²) < 4.78 is 33.9. The summed E-state index contributed by atoms with van der Waals surface area (Å²) in [6.45, 7) is -0.0437. The normalized spacial score (nSPS) is 14.2. The maximum absolute atomic E-state index is 14.8. The van der Waals surface area contributed by atoms with Crippen molar-refractivity contribution in [3.05, 3.63) is 130 Å². The number of ether oxygens (including phenoxy) is 1. The Morgan fingerprint density at radius 1 is 0.786 bits per heavy atom. The second-order valence-electron chi connectivity index (χ2n) is 9.81. The first-order chi connectivity index (χ1) is 20.3. The number of fused-ring (bicyclic) bond motifs is 4. The molecule has 0 saturated heterocycles. The van der Waals surface area contributed by atoms with Gasteiger partial charge in [0.2, 0.25) is 0 Å². The van der Waals surface area contributed by atoms with Crippen molar-refractivity contribution in [1.29, 1.82) is 0 Å². The zero-order valence-electron chi connectivity index (χ0n) is 21.9. The van der Waals surface area contributed by atoms with Gasteiger partial charge in [-0.05, 0) is 40.5 Å². The SMILES string of the molecule is O=C(CC(NC(=O)OCC1c2ccccc2-c2ccccc21)c1ccc(F)cc1F)ON1C(=O)c2ccccc2C1=O. The van der Waals surface area contributed by atoms with Crippen LogP contribution in [0.15, 0.2) is 91.0 Å². The molecule has 0 fully saturated rings. The van der Waals surface area contributed by atoms with Gasteiger partial charge in [0.15, 0.2) is 0 Å². The molecule has 3 amide bonds. The van der Waals surface area contributed by atoms with Crippen LogP contribution in [0.4, 0.5) is 13.6 Å². The number of rotatable bonds is 7. The summed E-state index contributed by atoms with van der Waals surface area (Å²) >= 11 is 0. The highest BCUT2D eigenvalue weighted by Crippen LogP contribution is 2.44. The van der Waals surface area contributed by atoms with Gasteiger partial charge in [0, 0.05) is 17.5 Å². The van der Waals surface area contributed by atoms with Crippen molar-refractivity contribution in [2.24, 2.45) is 0 Å². The third-order valence-corrected chi connectivity index (χ3v) is 7.29. The second-order valence-corrected chi connectivity index (χ2v) is 9.81. The fraction of sp³-hybridized carbons (Fsp3) is 0.125. The summed E-state index contributed by atoms with van der Waals surface area (Å²) in [5, 5.41) is 2.77. The van der Waals surface area contributed by atoms with E-state index >= 15 is 0 Å². The van der Waals surface area contributed by atoms with Crippen molar-refractivity contribution in [3.8, 4) is 11.1 Å². The average molecular weight is 569 g/mol. The molecule has 0 bridgehead atoms. The van der Waals surface area contributed by atoms with Crippen LogP contribution < -0.4 is 5.32 Å². The Bertz CT molecular complexity index is 1680. The summed E-state index contributed by atoms with van der Waals surface area (Å²) in [4.78, 5) is 56.1. The number of imide groups is 1. The standard InChI is InChI=1S/C32H22F2N2O6/c33-18-13-14-25(27(34)15-18)28(16-29(37)42-36-30(38)23-11-5-6-12-24(23)31(36)39)35-32(40)41-17-26-21-9-3-1-7-19(21)20-8-2-4-10-22(20)26/h1-15,26,28H,16-17H2,(H,35,40). The number of hydrogen-bond donors (Lipinski definition) is 1. The largest absolute Gasteiger partial charge is 0.449 e. The maximum atomic E-state index is 14.8. The van der Waals surface area contributed by atoms with E-state index in [9.17, 15) is 28.0 Å². The van der Waals surface area contributed by atoms with Crippen LogP contribution in [0.5, 0.6) is 0 Å².